The molecule has 1 aliphatic heterocycles. The van der Waals surface area contributed by atoms with Crippen molar-refractivity contribution in [1.82, 2.24) is 0 Å². The Bertz CT molecular complexity index is 1130. The third kappa shape index (κ3) is 4.72. The molecule has 0 spiro atoms. The van der Waals surface area contributed by atoms with Crippen LogP contribution in [0.25, 0.3) is 0 Å². The summed E-state index contributed by atoms with van der Waals surface area (Å²) in [6.07, 6.45) is -0.439. The standard InChI is InChI=1S/C25H23FN2O4/c1-16-25(30)28(15-18-3-7-19(26)8-4-18)22-14-20(9-12-23(22)32-16)27-24(29)13-17-5-10-21(31-2)11-6-17/h3-12,14,16H,13,15H2,1-2H3,(H,27,29). The number of fused-ring (bicyclic) bond motifs is 1. The minimum atomic E-state index is -0.640. The van der Waals surface area contributed by atoms with Crippen LogP contribution in [-0.4, -0.2) is 25.0 Å². The normalized spacial score (nSPS) is 15.0. The average Bonchev–Trinajstić information content (AvgIpc) is 2.79. The molecule has 1 unspecified atom stereocenters. The first kappa shape index (κ1) is 21.4. The van der Waals surface area contributed by atoms with Crippen molar-refractivity contribution in [2.75, 3.05) is 17.3 Å². The predicted molar refractivity (Wildman–Crippen MR) is 119 cm³/mol. The van der Waals surface area contributed by atoms with Gasteiger partial charge in [-0.05, 0) is 60.5 Å². The van der Waals surface area contributed by atoms with Crippen LogP contribution in [0.3, 0.4) is 0 Å². The Kier molecular flexibility index (Phi) is 6.07. The molecular weight excluding hydrogens is 411 g/mol. The van der Waals surface area contributed by atoms with E-state index in [2.05, 4.69) is 5.32 Å². The summed E-state index contributed by atoms with van der Waals surface area (Å²) in [6.45, 7) is 1.95. The van der Waals surface area contributed by atoms with Crippen LogP contribution in [0, 0.1) is 5.82 Å². The number of rotatable bonds is 6. The number of nitrogens with zero attached hydrogens (tertiary/aromatic N) is 1. The van der Waals surface area contributed by atoms with Gasteiger partial charge in [0.25, 0.3) is 5.91 Å². The Morgan fingerprint density at radius 3 is 2.44 bits per heavy atom. The Balaban J connectivity index is 1.53. The molecule has 1 atom stereocenters. The first-order valence-corrected chi connectivity index (χ1v) is 10.2. The third-order valence-corrected chi connectivity index (χ3v) is 5.23. The number of hydrogen-bond donors (Lipinski definition) is 1. The van der Waals surface area contributed by atoms with Crippen molar-refractivity contribution in [3.8, 4) is 11.5 Å². The highest BCUT2D eigenvalue weighted by Gasteiger charge is 2.31. The number of anilines is 2. The Hall–Kier alpha value is -3.87. The zero-order chi connectivity index (χ0) is 22.7. The van der Waals surface area contributed by atoms with Gasteiger partial charge in [-0.3, -0.25) is 9.59 Å². The van der Waals surface area contributed by atoms with E-state index in [0.717, 1.165) is 16.9 Å². The number of benzene rings is 3. The molecule has 6 nitrogen and oxygen atoms in total. The fourth-order valence-electron chi connectivity index (χ4n) is 3.55. The van der Waals surface area contributed by atoms with Crippen LogP contribution in [0.4, 0.5) is 15.8 Å². The van der Waals surface area contributed by atoms with Gasteiger partial charge in [-0.1, -0.05) is 24.3 Å². The highest BCUT2D eigenvalue weighted by molar-refractivity contribution is 6.01. The second-order valence-electron chi connectivity index (χ2n) is 7.57. The quantitative estimate of drug-likeness (QED) is 0.627. The van der Waals surface area contributed by atoms with E-state index in [1.807, 2.05) is 12.1 Å². The molecule has 7 heteroatoms. The minimum absolute atomic E-state index is 0.184. The average molecular weight is 434 g/mol. The molecule has 0 fully saturated rings. The molecule has 1 aliphatic rings. The fourth-order valence-corrected chi connectivity index (χ4v) is 3.55. The topological polar surface area (TPSA) is 67.9 Å². The molecule has 3 aromatic rings. The van der Waals surface area contributed by atoms with E-state index in [1.165, 1.54) is 12.1 Å². The van der Waals surface area contributed by atoms with Crippen LogP contribution in [0.2, 0.25) is 0 Å². The third-order valence-electron chi connectivity index (χ3n) is 5.23. The van der Waals surface area contributed by atoms with Crippen molar-refractivity contribution in [3.63, 3.8) is 0 Å². The van der Waals surface area contributed by atoms with Crippen LogP contribution < -0.4 is 19.7 Å². The summed E-state index contributed by atoms with van der Waals surface area (Å²) in [6, 6.07) is 18.5. The van der Waals surface area contributed by atoms with Gasteiger partial charge in [-0.2, -0.15) is 0 Å². The molecule has 0 radical (unpaired) electrons. The molecule has 0 aliphatic carbocycles. The molecule has 0 saturated carbocycles. The van der Waals surface area contributed by atoms with Crippen LogP contribution >= 0.6 is 0 Å². The number of nitrogens with one attached hydrogen (secondary N) is 1. The summed E-state index contributed by atoms with van der Waals surface area (Å²) in [5.74, 6) is 0.550. The van der Waals surface area contributed by atoms with Gasteiger partial charge < -0.3 is 19.7 Å². The summed E-state index contributed by atoms with van der Waals surface area (Å²) in [5.41, 5.74) is 2.75. The maximum Gasteiger partial charge on any atom is 0.268 e. The second-order valence-corrected chi connectivity index (χ2v) is 7.57. The highest BCUT2D eigenvalue weighted by atomic mass is 19.1. The van der Waals surface area contributed by atoms with Crippen LogP contribution in [0.15, 0.2) is 66.7 Å². The Labute approximate surface area is 185 Å². The van der Waals surface area contributed by atoms with E-state index in [4.69, 9.17) is 9.47 Å². The number of amides is 2. The van der Waals surface area contributed by atoms with E-state index >= 15 is 0 Å². The lowest BCUT2D eigenvalue weighted by Gasteiger charge is -2.33. The molecule has 1 N–H and O–H groups in total. The number of carbonyl (C=O) groups is 2. The zero-order valence-corrected chi connectivity index (χ0v) is 17.8. The first-order valence-electron chi connectivity index (χ1n) is 10.2. The lowest BCUT2D eigenvalue weighted by molar-refractivity contribution is -0.125. The summed E-state index contributed by atoms with van der Waals surface area (Å²) >= 11 is 0. The monoisotopic (exact) mass is 434 g/mol. The lowest BCUT2D eigenvalue weighted by Crippen LogP contribution is -2.44. The minimum Gasteiger partial charge on any atom is -0.497 e. The maximum absolute atomic E-state index is 13.3. The largest absolute Gasteiger partial charge is 0.497 e. The molecule has 164 valence electrons. The van der Waals surface area contributed by atoms with Crippen LogP contribution in [-0.2, 0) is 22.6 Å². The maximum atomic E-state index is 13.3. The molecule has 3 aromatic carbocycles. The van der Waals surface area contributed by atoms with Crippen molar-refractivity contribution in [1.29, 1.82) is 0 Å². The van der Waals surface area contributed by atoms with Crippen molar-refractivity contribution in [2.45, 2.75) is 26.0 Å². The fraction of sp³-hybridized carbons (Fsp3) is 0.200. The smallest absolute Gasteiger partial charge is 0.268 e. The Morgan fingerprint density at radius 1 is 1.06 bits per heavy atom. The molecule has 0 aromatic heterocycles. The van der Waals surface area contributed by atoms with E-state index in [1.54, 1.807) is 61.4 Å². The van der Waals surface area contributed by atoms with Gasteiger partial charge in [0.15, 0.2) is 6.10 Å². The van der Waals surface area contributed by atoms with Crippen LogP contribution in [0.5, 0.6) is 11.5 Å². The number of halogens is 1. The second kappa shape index (κ2) is 9.09. The van der Waals surface area contributed by atoms with Gasteiger partial charge in [0, 0.05) is 5.69 Å². The number of hydrogen-bond acceptors (Lipinski definition) is 4. The van der Waals surface area contributed by atoms with E-state index in [-0.39, 0.29) is 30.6 Å². The van der Waals surface area contributed by atoms with Gasteiger partial charge in [-0.25, -0.2) is 4.39 Å². The molecular formula is C25H23FN2O4. The predicted octanol–water partition coefficient (Wildman–Crippen LogP) is 4.33. The van der Waals surface area contributed by atoms with Gasteiger partial charge in [0.1, 0.15) is 17.3 Å². The molecule has 0 bridgehead atoms. The van der Waals surface area contributed by atoms with Crippen molar-refractivity contribution in [2.24, 2.45) is 0 Å². The summed E-state index contributed by atoms with van der Waals surface area (Å²) in [7, 11) is 1.59. The van der Waals surface area contributed by atoms with Gasteiger partial charge in [-0.15, -0.1) is 0 Å². The van der Waals surface area contributed by atoms with E-state index in [9.17, 15) is 14.0 Å². The number of ether oxygens (including phenoxy) is 2. The molecule has 0 saturated heterocycles. The molecule has 1 heterocycles. The van der Waals surface area contributed by atoms with Gasteiger partial charge >= 0.3 is 0 Å². The van der Waals surface area contributed by atoms with E-state index in [0.29, 0.717) is 17.1 Å². The highest BCUT2D eigenvalue weighted by Crippen LogP contribution is 2.37. The van der Waals surface area contributed by atoms with Crippen molar-refractivity contribution < 1.29 is 23.5 Å². The summed E-state index contributed by atoms with van der Waals surface area (Å²) in [4.78, 5) is 26.9. The molecule has 2 amide bonds. The lowest BCUT2D eigenvalue weighted by atomic mass is 10.1. The van der Waals surface area contributed by atoms with Crippen molar-refractivity contribution in [3.05, 3.63) is 83.7 Å². The van der Waals surface area contributed by atoms with Crippen molar-refractivity contribution >= 4 is 23.2 Å². The van der Waals surface area contributed by atoms with Crippen LogP contribution in [0.1, 0.15) is 18.1 Å². The molecule has 4 rings (SSSR count). The summed E-state index contributed by atoms with van der Waals surface area (Å²) in [5, 5.41) is 2.87. The molecule has 32 heavy (non-hydrogen) atoms. The SMILES string of the molecule is COc1ccc(CC(=O)Nc2ccc3c(c2)N(Cc2ccc(F)cc2)C(=O)C(C)O3)cc1. The number of carbonyl (C=O) groups excluding carboxylic acids is 2. The first-order chi connectivity index (χ1) is 15.4. The van der Waals surface area contributed by atoms with E-state index < -0.39 is 6.10 Å². The van der Waals surface area contributed by atoms with Gasteiger partial charge in [0.2, 0.25) is 5.91 Å². The Morgan fingerprint density at radius 2 is 1.75 bits per heavy atom. The number of methoxy groups -OCH3 is 1. The summed E-state index contributed by atoms with van der Waals surface area (Å²) < 4.78 is 24.1. The van der Waals surface area contributed by atoms with Gasteiger partial charge in [0.05, 0.1) is 25.8 Å². The zero-order valence-electron chi connectivity index (χ0n) is 17.8.